The molecule has 136 valence electrons. The molecular formula is C16H20ClN3O4S. The zero-order valence-corrected chi connectivity index (χ0v) is 15.6. The minimum Gasteiger partial charge on any atom is -0.387 e. The van der Waals surface area contributed by atoms with Gasteiger partial charge in [-0.2, -0.15) is 0 Å². The maximum atomic E-state index is 12.7. The van der Waals surface area contributed by atoms with Gasteiger partial charge in [0.25, 0.3) is 15.0 Å². The van der Waals surface area contributed by atoms with E-state index in [1.807, 2.05) is 6.92 Å². The number of aliphatic imine (C=N–C) groups is 1. The maximum absolute atomic E-state index is 12.7. The number of carbonyl (C=O) groups excluding carboxylic acids is 1. The van der Waals surface area contributed by atoms with Gasteiger partial charge in [-0.15, -0.1) is 0 Å². The first-order valence-corrected chi connectivity index (χ1v) is 10.1. The monoisotopic (exact) mass is 385 g/mol. The van der Waals surface area contributed by atoms with Crippen LogP contribution in [0.5, 0.6) is 0 Å². The van der Waals surface area contributed by atoms with Crippen LogP contribution in [-0.2, 0) is 18.7 Å². The summed E-state index contributed by atoms with van der Waals surface area (Å²) < 4.78 is 23.0. The van der Waals surface area contributed by atoms with Crippen molar-refractivity contribution < 1.29 is 18.0 Å². The van der Waals surface area contributed by atoms with Gasteiger partial charge in [-0.05, 0) is 31.6 Å². The highest BCUT2D eigenvalue weighted by atomic mass is 35.7. The van der Waals surface area contributed by atoms with E-state index in [0.29, 0.717) is 30.0 Å². The fourth-order valence-corrected chi connectivity index (χ4v) is 3.17. The van der Waals surface area contributed by atoms with Gasteiger partial charge in [-0.25, -0.2) is 18.5 Å². The Hall–Kier alpha value is -1.90. The molecule has 1 aliphatic heterocycles. The Morgan fingerprint density at radius 1 is 1.40 bits per heavy atom. The molecule has 1 heterocycles. The van der Waals surface area contributed by atoms with Crippen molar-refractivity contribution in [1.82, 2.24) is 5.06 Å². The van der Waals surface area contributed by atoms with Gasteiger partial charge < -0.3 is 5.73 Å². The maximum Gasteiger partial charge on any atom is 0.273 e. The van der Waals surface area contributed by atoms with Crippen molar-refractivity contribution in [2.75, 3.05) is 13.2 Å². The standard InChI is InChI=1S/C16H20ClN3O4S/c1-3-7-20(24-4-2)16(21)12-8-11-5-6-13(25(17,22)23)10-14(11)19-15(18)9-12/h5-6,8,10H,3-4,7,9H2,1-2H3,(H2,18,19). The Kier molecular flexibility index (Phi) is 6.21. The molecule has 1 aromatic rings. The number of nitrogens with zero attached hydrogens (tertiary/aromatic N) is 2. The molecule has 1 aromatic carbocycles. The molecule has 0 spiro atoms. The van der Waals surface area contributed by atoms with Crippen LogP contribution in [0.15, 0.2) is 33.7 Å². The first-order valence-electron chi connectivity index (χ1n) is 7.83. The Bertz CT molecular complexity index is 828. The van der Waals surface area contributed by atoms with E-state index in [4.69, 9.17) is 21.3 Å². The molecular weight excluding hydrogens is 366 g/mol. The van der Waals surface area contributed by atoms with Gasteiger partial charge in [0.05, 0.1) is 17.2 Å². The van der Waals surface area contributed by atoms with Crippen molar-refractivity contribution in [3.8, 4) is 0 Å². The lowest BCUT2D eigenvalue weighted by Crippen LogP contribution is -2.34. The molecule has 0 aromatic heterocycles. The van der Waals surface area contributed by atoms with Gasteiger partial charge >= 0.3 is 0 Å². The second-order valence-electron chi connectivity index (χ2n) is 5.43. The molecule has 2 rings (SSSR count). The van der Waals surface area contributed by atoms with E-state index in [2.05, 4.69) is 4.99 Å². The molecule has 0 radical (unpaired) electrons. The SMILES string of the molecule is CCCN(OCC)C(=O)C1=Cc2ccc(S(=O)(=O)Cl)cc2N=C(N)C1. The molecule has 0 bridgehead atoms. The summed E-state index contributed by atoms with van der Waals surface area (Å²) in [6, 6.07) is 4.24. The van der Waals surface area contributed by atoms with E-state index in [0.717, 1.165) is 6.42 Å². The molecule has 0 saturated carbocycles. The predicted octanol–water partition coefficient (Wildman–Crippen LogP) is 2.58. The number of hydrogen-bond acceptors (Lipinski definition) is 6. The summed E-state index contributed by atoms with van der Waals surface area (Å²) in [5, 5.41) is 1.31. The molecule has 0 fully saturated rings. The summed E-state index contributed by atoms with van der Waals surface area (Å²) in [6.07, 6.45) is 2.53. The number of hydrogen-bond donors (Lipinski definition) is 1. The van der Waals surface area contributed by atoms with Crippen molar-refractivity contribution in [3.05, 3.63) is 29.3 Å². The average Bonchev–Trinajstić information content (AvgIpc) is 2.70. The van der Waals surface area contributed by atoms with Gasteiger partial charge in [0.2, 0.25) is 0 Å². The highest BCUT2D eigenvalue weighted by molar-refractivity contribution is 8.13. The third kappa shape index (κ3) is 4.81. The molecule has 9 heteroatoms. The third-order valence-electron chi connectivity index (χ3n) is 3.46. The number of nitrogens with two attached hydrogens (primary N) is 1. The minimum absolute atomic E-state index is 0.0745. The van der Waals surface area contributed by atoms with Crippen LogP contribution in [-0.4, -0.2) is 38.4 Å². The molecule has 1 amide bonds. The number of halogens is 1. The van der Waals surface area contributed by atoms with Crippen LogP contribution in [0.25, 0.3) is 6.08 Å². The van der Waals surface area contributed by atoms with E-state index in [1.165, 1.54) is 17.2 Å². The fraction of sp³-hybridized carbons (Fsp3) is 0.375. The lowest BCUT2D eigenvalue weighted by molar-refractivity contribution is -0.180. The summed E-state index contributed by atoms with van der Waals surface area (Å²) in [6.45, 7) is 4.57. The summed E-state index contributed by atoms with van der Waals surface area (Å²) >= 11 is 0. The second kappa shape index (κ2) is 7.99. The molecule has 7 nitrogen and oxygen atoms in total. The van der Waals surface area contributed by atoms with Crippen LogP contribution in [0.1, 0.15) is 32.3 Å². The van der Waals surface area contributed by atoms with Crippen LogP contribution in [0, 0.1) is 0 Å². The molecule has 1 aliphatic rings. The lowest BCUT2D eigenvalue weighted by Gasteiger charge is -2.21. The first kappa shape index (κ1) is 19.4. The zero-order chi connectivity index (χ0) is 18.6. The quantitative estimate of drug-likeness (QED) is 0.598. The molecule has 2 N–H and O–H groups in total. The fourth-order valence-electron chi connectivity index (χ4n) is 2.40. The number of carbonyl (C=O) groups is 1. The van der Waals surface area contributed by atoms with Crippen molar-refractivity contribution in [1.29, 1.82) is 0 Å². The van der Waals surface area contributed by atoms with E-state index >= 15 is 0 Å². The largest absolute Gasteiger partial charge is 0.387 e. The number of fused-ring (bicyclic) bond motifs is 1. The Morgan fingerprint density at radius 3 is 2.72 bits per heavy atom. The van der Waals surface area contributed by atoms with Crippen LogP contribution >= 0.6 is 10.7 Å². The number of amides is 1. The van der Waals surface area contributed by atoms with Crippen LogP contribution < -0.4 is 5.73 Å². The highest BCUT2D eigenvalue weighted by Gasteiger charge is 2.22. The van der Waals surface area contributed by atoms with Crippen LogP contribution in [0.4, 0.5) is 5.69 Å². The van der Waals surface area contributed by atoms with Crippen molar-refractivity contribution >= 4 is 43.2 Å². The van der Waals surface area contributed by atoms with Gasteiger partial charge in [0, 0.05) is 34.8 Å². The Morgan fingerprint density at radius 2 is 2.12 bits per heavy atom. The number of rotatable bonds is 6. The van der Waals surface area contributed by atoms with E-state index in [1.54, 1.807) is 19.1 Å². The highest BCUT2D eigenvalue weighted by Crippen LogP contribution is 2.30. The first-order chi connectivity index (χ1) is 11.8. The van der Waals surface area contributed by atoms with Gasteiger partial charge in [0.1, 0.15) is 5.84 Å². The topological polar surface area (TPSA) is 102 Å². The summed E-state index contributed by atoms with van der Waals surface area (Å²) in [5.74, 6) is -0.0841. The number of hydroxylamine groups is 2. The minimum atomic E-state index is -3.88. The van der Waals surface area contributed by atoms with Crippen molar-refractivity contribution in [2.45, 2.75) is 31.6 Å². The molecule has 25 heavy (non-hydrogen) atoms. The molecule has 0 atom stereocenters. The van der Waals surface area contributed by atoms with Gasteiger partial charge in [-0.1, -0.05) is 13.0 Å². The van der Waals surface area contributed by atoms with Crippen molar-refractivity contribution in [2.24, 2.45) is 10.7 Å². The van der Waals surface area contributed by atoms with E-state index < -0.39 is 9.05 Å². The summed E-state index contributed by atoms with van der Waals surface area (Å²) in [7, 11) is 1.49. The molecule has 0 unspecified atom stereocenters. The normalized spacial score (nSPS) is 14.2. The van der Waals surface area contributed by atoms with E-state index in [-0.39, 0.29) is 23.1 Å². The van der Waals surface area contributed by atoms with E-state index in [9.17, 15) is 13.2 Å². The smallest absolute Gasteiger partial charge is 0.273 e. The summed E-state index contributed by atoms with van der Waals surface area (Å²) in [4.78, 5) is 22.2. The third-order valence-corrected chi connectivity index (χ3v) is 4.81. The molecule has 0 aliphatic carbocycles. The predicted molar refractivity (Wildman–Crippen MR) is 97.0 cm³/mol. The van der Waals surface area contributed by atoms with Crippen LogP contribution in [0.2, 0.25) is 0 Å². The number of amidine groups is 1. The average molecular weight is 386 g/mol. The number of benzene rings is 1. The van der Waals surface area contributed by atoms with Gasteiger partial charge in [0.15, 0.2) is 0 Å². The molecule has 0 saturated heterocycles. The lowest BCUT2D eigenvalue weighted by atomic mass is 10.1. The zero-order valence-electron chi connectivity index (χ0n) is 14.0. The summed E-state index contributed by atoms with van der Waals surface area (Å²) in [5.41, 5.74) is 7.25. The Balaban J connectivity index is 2.45. The van der Waals surface area contributed by atoms with Crippen LogP contribution in [0.3, 0.4) is 0 Å². The second-order valence-corrected chi connectivity index (χ2v) is 8.00. The Labute approximate surface area is 151 Å². The van der Waals surface area contributed by atoms with Crippen molar-refractivity contribution in [3.63, 3.8) is 0 Å². The van der Waals surface area contributed by atoms with Gasteiger partial charge in [-0.3, -0.25) is 9.63 Å².